The molecular formula is C17H19NO3S. The second-order valence-electron chi connectivity index (χ2n) is 4.57. The second kappa shape index (κ2) is 7.75. The van der Waals surface area contributed by atoms with Crippen molar-refractivity contribution in [1.29, 1.82) is 0 Å². The van der Waals surface area contributed by atoms with Crippen LogP contribution in [0.2, 0.25) is 0 Å². The van der Waals surface area contributed by atoms with E-state index >= 15 is 0 Å². The van der Waals surface area contributed by atoms with Crippen LogP contribution in [0.5, 0.6) is 11.5 Å². The molecule has 2 aromatic carbocycles. The molecule has 0 atom stereocenters. The molecule has 0 aliphatic carbocycles. The Balaban J connectivity index is 2.11. The first-order valence-electron chi connectivity index (χ1n) is 6.81. The molecule has 4 nitrogen and oxygen atoms in total. The summed E-state index contributed by atoms with van der Waals surface area (Å²) < 4.78 is 10.5. The molecule has 0 saturated heterocycles. The van der Waals surface area contributed by atoms with Gasteiger partial charge < -0.3 is 14.8 Å². The molecule has 0 radical (unpaired) electrons. The van der Waals surface area contributed by atoms with Gasteiger partial charge in [-0.25, -0.2) is 0 Å². The number of nitrogens with one attached hydrogen (secondary N) is 1. The molecule has 5 heteroatoms. The fraction of sp³-hybridized carbons (Fsp3) is 0.235. The lowest BCUT2D eigenvalue weighted by Gasteiger charge is -2.13. The third-order valence-electron chi connectivity index (χ3n) is 3.27. The lowest BCUT2D eigenvalue weighted by atomic mass is 10.1. The van der Waals surface area contributed by atoms with Gasteiger partial charge in [0.2, 0.25) is 0 Å². The van der Waals surface area contributed by atoms with Crippen LogP contribution in [0.15, 0.2) is 47.4 Å². The van der Waals surface area contributed by atoms with Crippen LogP contribution in [-0.4, -0.2) is 26.4 Å². The summed E-state index contributed by atoms with van der Waals surface area (Å²) in [5.41, 5.74) is 1.45. The molecule has 0 fully saturated rings. The van der Waals surface area contributed by atoms with Gasteiger partial charge in [-0.3, -0.25) is 4.79 Å². The van der Waals surface area contributed by atoms with Crippen LogP contribution in [0.4, 0.5) is 0 Å². The zero-order chi connectivity index (χ0) is 15.9. The molecule has 22 heavy (non-hydrogen) atoms. The van der Waals surface area contributed by atoms with Crippen LogP contribution >= 0.6 is 11.8 Å². The molecule has 0 bridgehead atoms. The van der Waals surface area contributed by atoms with E-state index in [1.807, 2.05) is 30.5 Å². The topological polar surface area (TPSA) is 47.6 Å². The van der Waals surface area contributed by atoms with Crippen molar-refractivity contribution in [2.24, 2.45) is 0 Å². The van der Waals surface area contributed by atoms with Crippen molar-refractivity contribution in [2.75, 3.05) is 20.5 Å². The molecular weight excluding hydrogens is 298 g/mol. The standard InChI is InChI=1S/C17H19NO3S/c1-20-14-5-4-6-15(21-2)16(14)17(19)18-11-12-7-9-13(22-3)10-8-12/h4-10H,11H2,1-3H3,(H,18,19). The molecule has 0 aromatic heterocycles. The molecule has 0 unspecified atom stereocenters. The molecule has 116 valence electrons. The molecule has 0 spiro atoms. The van der Waals surface area contributed by atoms with Gasteiger partial charge in [0.1, 0.15) is 17.1 Å². The molecule has 0 aliphatic heterocycles. The quantitative estimate of drug-likeness (QED) is 0.830. The summed E-state index contributed by atoms with van der Waals surface area (Å²) in [4.78, 5) is 13.6. The molecule has 2 rings (SSSR count). The first kappa shape index (κ1) is 16.2. The largest absolute Gasteiger partial charge is 0.496 e. The summed E-state index contributed by atoms with van der Waals surface area (Å²) in [5, 5.41) is 2.90. The van der Waals surface area contributed by atoms with E-state index in [4.69, 9.17) is 9.47 Å². The lowest BCUT2D eigenvalue weighted by Crippen LogP contribution is -2.24. The Labute approximate surface area is 134 Å². The van der Waals surface area contributed by atoms with Crippen LogP contribution in [-0.2, 0) is 6.54 Å². The van der Waals surface area contributed by atoms with E-state index in [1.165, 1.54) is 19.1 Å². The third-order valence-corrected chi connectivity index (χ3v) is 4.01. The van der Waals surface area contributed by atoms with Crippen LogP contribution in [0.3, 0.4) is 0 Å². The molecule has 0 heterocycles. The SMILES string of the molecule is COc1cccc(OC)c1C(=O)NCc1ccc(SC)cc1. The fourth-order valence-corrected chi connectivity index (χ4v) is 2.50. The van der Waals surface area contributed by atoms with Crippen molar-refractivity contribution >= 4 is 17.7 Å². The van der Waals surface area contributed by atoms with Crippen LogP contribution < -0.4 is 14.8 Å². The van der Waals surface area contributed by atoms with E-state index in [-0.39, 0.29) is 5.91 Å². The average Bonchev–Trinajstić information content (AvgIpc) is 2.59. The number of thioether (sulfide) groups is 1. The first-order valence-corrected chi connectivity index (χ1v) is 8.04. The number of ether oxygens (including phenoxy) is 2. The van der Waals surface area contributed by atoms with Gasteiger partial charge in [-0.1, -0.05) is 18.2 Å². The fourth-order valence-electron chi connectivity index (χ4n) is 2.09. The van der Waals surface area contributed by atoms with Crippen LogP contribution in [0.1, 0.15) is 15.9 Å². The molecule has 0 saturated carbocycles. The summed E-state index contributed by atoms with van der Waals surface area (Å²) in [6.07, 6.45) is 2.03. The Morgan fingerprint density at radius 1 is 1.05 bits per heavy atom. The number of rotatable bonds is 6. The minimum Gasteiger partial charge on any atom is -0.496 e. The van der Waals surface area contributed by atoms with E-state index in [2.05, 4.69) is 5.32 Å². The van der Waals surface area contributed by atoms with Gasteiger partial charge in [0.25, 0.3) is 5.91 Å². The number of carbonyl (C=O) groups excluding carboxylic acids is 1. The number of hydrogen-bond acceptors (Lipinski definition) is 4. The first-order chi connectivity index (χ1) is 10.7. The average molecular weight is 317 g/mol. The Hall–Kier alpha value is -2.14. The number of methoxy groups -OCH3 is 2. The van der Waals surface area contributed by atoms with Gasteiger partial charge >= 0.3 is 0 Å². The highest BCUT2D eigenvalue weighted by atomic mass is 32.2. The summed E-state index contributed by atoms with van der Waals surface area (Å²) in [6.45, 7) is 0.453. The predicted octanol–water partition coefficient (Wildman–Crippen LogP) is 3.36. The number of carbonyl (C=O) groups is 1. The maximum absolute atomic E-state index is 12.4. The predicted molar refractivity (Wildman–Crippen MR) is 88.9 cm³/mol. The maximum Gasteiger partial charge on any atom is 0.259 e. The van der Waals surface area contributed by atoms with Crippen molar-refractivity contribution in [3.05, 3.63) is 53.6 Å². The smallest absolute Gasteiger partial charge is 0.259 e. The van der Waals surface area contributed by atoms with Gasteiger partial charge in [0.15, 0.2) is 0 Å². The summed E-state index contributed by atoms with van der Waals surface area (Å²) in [5.74, 6) is 0.771. The zero-order valence-corrected chi connectivity index (χ0v) is 13.7. The zero-order valence-electron chi connectivity index (χ0n) is 12.9. The van der Waals surface area contributed by atoms with E-state index < -0.39 is 0 Å². The van der Waals surface area contributed by atoms with Gasteiger partial charge in [-0.2, -0.15) is 0 Å². The third kappa shape index (κ3) is 3.74. The van der Waals surface area contributed by atoms with Crippen molar-refractivity contribution in [2.45, 2.75) is 11.4 Å². The van der Waals surface area contributed by atoms with Gasteiger partial charge in [0, 0.05) is 11.4 Å². The van der Waals surface area contributed by atoms with Crippen molar-refractivity contribution in [1.82, 2.24) is 5.32 Å². The Bertz CT molecular complexity index is 619. The summed E-state index contributed by atoms with van der Waals surface area (Å²) >= 11 is 1.69. The minimum absolute atomic E-state index is 0.219. The number of hydrogen-bond donors (Lipinski definition) is 1. The van der Waals surface area contributed by atoms with Gasteiger partial charge in [0.05, 0.1) is 14.2 Å². The Morgan fingerprint density at radius 2 is 1.64 bits per heavy atom. The molecule has 1 amide bonds. The monoisotopic (exact) mass is 317 g/mol. The van der Waals surface area contributed by atoms with Crippen LogP contribution in [0, 0.1) is 0 Å². The normalized spacial score (nSPS) is 10.1. The Morgan fingerprint density at radius 3 is 2.14 bits per heavy atom. The van der Waals surface area contributed by atoms with Crippen LogP contribution in [0.25, 0.3) is 0 Å². The Kier molecular flexibility index (Phi) is 5.72. The second-order valence-corrected chi connectivity index (χ2v) is 5.45. The van der Waals surface area contributed by atoms with Crippen molar-refractivity contribution < 1.29 is 14.3 Å². The van der Waals surface area contributed by atoms with Gasteiger partial charge in [-0.05, 0) is 36.1 Å². The van der Waals surface area contributed by atoms with E-state index in [1.54, 1.807) is 30.0 Å². The van der Waals surface area contributed by atoms with E-state index in [0.29, 0.717) is 23.6 Å². The highest BCUT2D eigenvalue weighted by Crippen LogP contribution is 2.28. The highest BCUT2D eigenvalue weighted by molar-refractivity contribution is 7.98. The van der Waals surface area contributed by atoms with E-state index in [9.17, 15) is 4.79 Å². The van der Waals surface area contributed by atoms with E-state index in [0.717, 1.165) is 5.56 Å². The van der Waals surface area contributed by atoms with Crippen molar-refractivity contribution in [3.8, 4) is 11.5 Å². The molecule has 2 aromatic rings. The molecule has 1 N–H and O–H groups in total. The number of amides is 1. The molecule has 0 aliphatic rings. The summed E-state index contributed by atoms with van der Waals surface area (Å²) in [6, 6.07) is 13.4. The number of benzene rings is 2. The minimum atomic E-state index is -0.219. The maximum atomic E-state index is 12.4. The summed E-state index contributed by atoms with van der Waals surface area (Å²) in [7, 11) is 3.07. The van der Waals surface area contributed by atoms with Crippen molar-refractivity contribution in [3.63, 3.8) is 0 Å². The van der Waals surface area contributed by atoms with Gasteiger partial charge in [-0.15, -0.1) is 11.8 Å². The highest BCUT2D eigenvalue weighted by Gasteiger charge is 2.17. The lowest BCUT2D eigenvalue weighted by molar-refractivity contribution is 0.0944.